The minimum atomic E-state index is 0.0589. The van der Waals surface area contributed by atoms with E-state index in [1.807, 2.05) is 0 Å². The smallest absolute Gasteiger partial charge is 0.227 e. The minimum absolute atomic E-state index is 0.0589. The van der Waals surface area contributed by atoms with Gasteiger partial charge in [-0.3, -0.25) is 0 Å². The molecule has 3 atom stereocenters. The van der Waals surface area contributed by atoms with E-state index in [0.717, 1.165) is 21.8 Å². The SMILES string of the molecule is OCCc1sc(NC2CC3CCC2C3)nc1O. The van der Waals surface area contributed by atoms with Crippen molar-refractivity contribution in [1.82, 2.24) is 4.98 Å². The number of fused-ring (bicyclic) bond motifs is 2. The largest absolute Gasteiger partial charge is 0.492 e. The van der Waals surface area contributed by atoms with E-state index in [9.17, 15) is 5.11 Å². The quantitative estimate of drug-likeness (QED) is 0.768. The molecule has 17 heavy (non-hydrogen) atoms. The van der Waals surface area contributed by atoms with E-state index < -0.39 is 0 Å². The number of hydrogen-bond donors (Lipinski definition) is 3. The summed E-state index contributed by atoms with van der Waals surface area (Å²) in [6.45, 7) is 0.0589. The fraction of sp³-hybridized carbons (Fsp3) is 0.750. The molecule has 2 aliphatic rings. The molecule has 5 heteroatoms. The first-order chi connectivity index (χ1) is 8.26. The second-order valence-corrected chi connectivity index (χ2v) is 6.25. The van der Waals surface area contributed by atoms with Crippen LogP contribution in [0.5, 0.6) is 5.88 Å². The van der Waals surface area contributed by atoms with Crippen LogP contribution in [0.4, 0.5) is 5.13 Å². The lowest BCUT2D eigenvalue weighted by atomic mass is 9.96. The van der Waals surface area contributed by atoms with E-state index >= 15 is 0 Å². The van der Waals surface area contributed by atoms with Gasteiger partial charge in [-0.2, -0.15) is 4.98 Å². The van der Waals surface area contributed by atoms with Crippen molar-refractivity contribution in [2.75, 3.05) is 11.9 Å². The average molecular weight is 254 g/mol. The Morgan fingerprint density at radius 3 is 2.88 bits per heavy atom. The zero-order valence-electron chi connectivity index (χ0n) is 9.72. The molecule has 0 amide bonds. The summed E-state index contributed by atoms with van der Waals surface area (Å²) < 4.78 is 0. The van der Waals surface area contributed by atoms with E-state index in [-0.39, 0.29) is 12.5 Å². The van der Waals surface area contributed by atoms with Crippen LogP contribution in [-0.4, -0.2) is 27.8 Å². The summed E-state index contributed by atoms with van der Waals surface area (Å²) in [7, 11) is 0. The molecule has 1 aromatic rings. The van der Waals surface area contributed by atoms with Crippen molar-refractivity contribution in [2.24, 2.45) is 11.8 Å². The van der Waals surface area contributed by atoms with Crippen molar-refractivity contribution >= 4 is 16.5 Å². The predicted octanol–water partition coefficient (Wildman–Crippen LogP) is 1.98. The van der Waals surface area contributed by atoms with E-state index in [1.54, 1.807) is 0 Å². The lowest BCUT2D eigenvalue weighted by Gasteiger charge is -2.22. The molecule has 0 spiro atoms. The molecule has 2 bridgehead atoms. The van der Waals surface area contributed by atoms with Gasteiger partial charge in [0.25, 0.3) is 0 Å². The molecule has 3 unspecified atom stereocenters. The van der Waals surface area contributed by atoms with Gasteiger partial charge in [-0.15, -0.1) is 0 Å². The van der Waals surface area contributed by atoms with Crippen molar-refractivity contribution in [3.05, 3.63) is 4.88 Å². The highest BCUT2D eigenvalue weighted by molar-refractivity contribution is 7.15. The normalized spacial score (nSPS) is 31.0. The number of aromatic hydroxyl groups is 1. The molecule has 1 aromatic heterocycles. The van der Waals surface area contributed by atoms with Crippen LogP contribution in [0, 0.1) is 11.8 Å². The second kappa shape index (κ2) is 4.46. The van der Waals surface area contributed by atoms with Crippen LogP contribution in [0.1, 0.15) is 30.6 Å². The predicted molar refractivity (Wildman–Crippen MR) is 67.4 cm³/mol. The summed E-state index contributed by atoms with van der Waals surface area (Å²) in [5.74, 6) is 1.78. The molecule has 2 saturated carbocycles. The van der Waals surface area contributed by atoms with Gasteiger partial charge in [-0.25, -0.2) is 0 Å². The highest BCUT2D eigenvalue weighted by Crippen LogP contribution is 2.46. The summed E-state index contributed by atoms with van der Waals surface area (Å²) in [5, 5.41) is 22.8. The number of aromatic nitrogens is 1. The molecular formula is C12H18N2O2S. The highest BCUT2D eigenvalue weighted by Gasteiger charge is 2.39. The van der Waals surface area contributed by atoms with Gasteiger partial charge in [0.15, 0.2) is 5.13 Å². The van der Waals surface area contributed by atoms with Crippen molar-refractivity contribution in [1.29, 1.82) is 0 Å². The first kappa shape index (κ1) is 11.3. The fourth-order valence-corrected chi connectivity index (χ4v) is 4.16. The maximum atomic E-state index is 9.62. The zero-order chi connectivity index (χ0) is 11.8. The Bertz CT molecular complexity index is 407. The Labute approximate surface area is 105 Å². The van der Waals surface area contributed by atoms with E-state index in [2.05, 4.69) is 10.3 Å². The number of rotatable bonds is 4. The van der Waals surface area contributed by atoms with Gasteiger partial charge >= 0.3 is 0 Å². The van der Waals surface area contributed by atoms with E-state index in [0.29, 0.717) is 12.5 Å². The number of thiazole rings is 1. The molecule has 2 fully saturated rings. The number of aliphatic hydroxyl groups excluding tert-OH is 1. The lowest BCUT2D eigenvalue weighted by molar-refractivity contribution is 0.298. The number of anilines is 1. The van der Waals surface area contributed by atoms with Gasteiger partial charge in [-0.05, 0) is 31.1 Å². The summed E-state index contributed by atoms with van der Waals surface area (Å²) >= 11 is 1.47. The van der Waals surface area contributed by atoms with Crippen molar-refractivity contribution in [3.8, 4) is 5.88 Å². The number of nitrogens with zero attached hydrogens (tertiary/aromatic N) is 1. The average Bonchev–Trinajstić information content (AvgIpc) is 2.96. The van der Waals surface area contributed by atoms with E-state index in [1.165, 1.54) is 37.0 Å². The summed E-state index contributed by atoms with van der Waals surface area (Å²) in [6, 6.07) is 0.543. The van der Waals surface area contributed by atoms with Gasteiger partial charge in [0.2, 0.25) is 5.88 Å². The molecule has 0 radical (unpaired) electrons. The Hall–Kier alpha value is -0.810. The molecule has 1 heterocycles. The molecule has 94 valence electrons. The van der Waals surface area contributed by atoms with E-state index in [4.69, 9.17) is 5.11 Å². The molecule has 3 rings (SSSR count). The van der Waals surface area contributed by atoms with Gasteiger partial charge in [0.1, 0.15) is 0 Å². The van der Waals surface area contributed by atoms with Crippen LogP contribution in [-0.2, 0) is 6.42 Å². The van der Waals surface area contributed by atoms with Crippen LogP contribution < -0.4 is 5.32 Å². The summed E-state index contributed by atoms with van der Waals surface area (Å²) in [4.78, 5) is 4.90. The van der Waals surface area contributed by atoms with Crippen molar-refractivity contribution < 1.29 is 10.2 Å². The lowest BCUT2D eigenvalue weighted by Crippen LogP contribution is -2.25. The zero-order valence-corrected chi connectivity index (χ0v) is 10.5. The van der Waals surface area contributed by atoms with Crippen LogP contribution in [0.3, 0.4) is 0 Å². The minimum Gasteiger partial charge on any atom is -0.492 e. The Kier molecular flexibility index (Phi) is 2.96. The molecule has 2 aliphatic carbocycles. The molecule has 0 aromatic carbocycles. The Balaban J connectivity index is 1.67. The van der Waals surface area contributed by atoms with Gasteiger partial charge in [0.05, 0.1) is 4.88 Å². The van der Waals surface area contributed by atoms with Crippen LogP contribution in [0.25, 0.3) is 0 Å². The van der Waals surface area contributed by atoms with Crippen LogP contribution in [0.2, 0.25) is 0 Å². The van der Waals surface area contributed by atoms with Crippen LogP contribution in [0.15, 0.2) is 0 Å². The Morgan fingerprint density at radius 1 is 1.35 bits per heavy atom. The first-order valence-corrected chi connectivity index (χ1v) is 7.14. The van der Waals surface area contributed by atoms with Gasteiger partial charge in [-0.1, -0.05) is 17.8 Å². The van der Waals surface area contributed by atoms with Crippen LogP contribution >= 0.6 is 11.3 Å². The third-order valence-electron chi connectivity index (χ3n) is 4.06. The monoisotopic (exact) mass is 254 g/mol. The molecule has 0 saturated heterocycles. The fourth-order valence-electron chi connectivity index (χ4n) is 3.25. The van der Waals surface area contributed by atoms with Gasteiger partial charge in [0, 0.05) is 19.1 Å². The Morgan fingerprint density at radius 2 is 2.24 bits per heavy atom. The summed E-state index contributed by atoms with van der Waals surface area (Å²) in [6.07, 6.45) is 5.83. The molecular weight excluding hydrogens is 236 g/mol. The maximum Gasteiger partial charge on any atom is 0.227 e. The highest BCUT2D eigenvalue weighted by atomic mass is 32.1. The van der Waals surface area contributed by atoms with Crippen molar-refractivity contribution in [3.63, 3.8) is 0 Å². The molecule has 0 aliphatic heterocycles. The third-order valence-corrected chi connectivity index (χ3v) is 5.10. The van der Waals surface area contributed by atoms with Crippen molar-refractivity contribution in [2.45, 2.75) is 38.1 Å². The number of aliphatic hydroxyl groups is 1. The standard InChI is InChI=1S/C12H18N2O2S/c15-4-3-10-11(16)14-12(17-10)13-9-6-7-1-2-8(9)5-7/h7-9,15-16H,1-6H2,(H,13,14). The third kappa shape index (κ3) is 2.13. The number of hydrogen-bond acceptors (Lipinski definition) is 5. The summed E-state index contributed by atoms with van der Waals surface area (Å²) in [5.41, 5.74) is 0. The number of nitrogens with one attached hydrogen (secondary N) is 1. The molecule has 4 nitrogen and oxygen atoms in total. The van der Waals surface area contributed by atoms with Gasteiger partial charge < -0.3 is 15.5 Å². The topological polar surface area (TPSA) is 65.4 Å². The maximum absolute atomic E-state index is 9.62. The molecule has 3 N–H and O–H groups in total. The second-order valence-electron chi connectivity index (χ2n) is 5.17. The first-order valence-electron chi connectivity index (χ1n) is 6.32.